The number of ether oxygens (including phenoxy) is 1. The van der Waals surface area contributed by atoms with E-state index in [9.17, 15) is 14.0 Å². The number of aromatic nitrogens is 1. The zero-order chi connectivity index (χ0) is 24.3. The van der Waals surface area contributed by atoms with Crippen molar-refractivity contribution in [2.24, 2.45) is 5.92 Å². The minimum atomic E-state index is -0.569. The Balaban J connectivity index is 1.29. The van der Waals surface area contributed by atoms with Gasteiger partial charge in [-0.1, -0.05) is 56.0 Å². The topological polar surface area (TPSA) is 68.3 Å². The second kappa shape index (κ2) is 10.1. The predicted molar refractivity (Wildman–Crippen MR) is 131 cm³/mol. The molecule has 186 valence electrons. The van der Waals surface area contributed by atoms with Crippen LogP contribution in [0.3, 0.4) is 0 Å². The number of pyridine rings is 1. The second-order valence-electron chi connectivity index (χ2n) is 10.7. The van der Waals surface area contributed by atoms with Gasteiger partial charge in [0.05, 0.1) is 24.7 Å². The van der Waals surface area contributed by atoms with E-state index >= 15 is 0 Å². The van der Waals surface area contributed by atoms with E-state index in [1.807, 2.05) is 18.2 Å². The maximum atomic E-state index is 13.9. The van der Waals surface area contributed by atoms with Gasteiger partial charge >= 0.3 is 5.97 Å². The fourth-order valence-corrected chi connectivity index (χ4v) is 6.46. The van der Waals surface area contributed by atoms with Crippen LogP contribution in [0.4, 0.5) is 10.2 Å². The van der Waals surface area contributed by atoms with E-state index in [0.717, 1.165) is 76.2 Å². The van der Waals surface area contributed by atoms with Crippen molar-refractivity contribution in [3.05, 3.63) is 60.0 Å². The summed E-state index contributed by atoms with van der Waals surface area (Å²) in [6, 6.07) is 12.9. The molecule has 1 aliphatic carbocycles. The molecule has 1 unspecified atom stereocenters. The van der Waals surface area contributed by atoms with Crippen LogP contribution in [0.5, 0.6) is 0 Å². The van der Waals surface area contributed by atoms with Crippen LogP contribution in [0, 0.1) is 11.7 Å². The van der Waals surface area contributed by atoms with Gasteiger partial charge in [-0.25, -0.2) is 9.37 Å². The number of fused-ring (bicyclic) bond motifs is 3. The molecule has 4 fully saturated rings. The Kier molecular flexibility index (Phi) is 6.87. The molecule has 0 spiro atoms. The SMILES string of the molecule is O=C(C[N+]12CCC(CC1)C(OC(=O)C1(c3ccccc3)CCCCCC1)C2)Nc1ccc(F)cn1. The third-order valence-corrected chi connectivity index (χ3v) is 8.45. The van der Waals surface area contributed by atoms with Gasteiger partial charge in [-0.3, -0.25) is 9.59 Å². The Hall–Kier alpha value is -2.80. The lowest BCUT2D eigenvalue weighted by Gasteiger charge is -2.52. The number of halogens is 1. The van der Waals surface area contributed by atoms with Gasteiger partial charge in [0.2, 0.25) is 0 Å². The first-order chi connectivity index (χ1) is 17.0. The monoisotopic (exact) mass is 480 g/mol. The second-order valence-corrected chi connectivity index (χ2v) is 10.7. The third kappa shape index (κ3) is 5.10. The molecule has 1 N–H and O–H groups in total. The van der Waals surface area contributed by atoms with E-state index in [1.165, 1.54) is 12.1 Å². The van der Waals surface area contributed by atoms with Crippen molar-refractivity contribution in [2.45, 2.75) is 62.9 Å². The first kappa shape index (κ1) is 23.9. The van der Waals surface area contributed by atoms with Crippen molar-refractivity contribution in [3.8, 4) is 0 Å². The molecule has 2 aromatic rings. The minimum Gasteiger partial charge on any atom is -0.455 e. The Morgan fingerprint density at radius 3 is 2.40 bits per heavy atom. The summed E-state index contributed by atoms with van der Waals surface area (Å²) < 4.78 is 20.1. The smallest absolute Gasteiger partial charge is 0.317 e. The van der Waals surface area contributed by atoms with E-state index in [0.29, 0.717) is 29.3 Å². The van der Waals surface area contributed by atoms with Crippen molar-refractivity contribution >= 4 is 17.7 Å². The number of carbonyl (C=O) groups is 2. The lowest BCUT2D eigenvalue weighted by atomic mass is 9.74. The Labute approximate surface area is 206 Å². The van der Waals surface area contributed by atoms with Gasteiger partial charge in [-0.15, -0.1) is 0 Å². The number of benzene rings is 1. The van der Waals surface area contributed by atoms with Crippen molar-refractivity contribution in [2.75, 3.05) is 31.5 Å². The van der Waals surface area contributed by atoms with Crippen molar-refractivity contribution < 1.29 is 23.2 Å². The Morgan fingerprint density at radius 2 is 1.74 bits per heavy atom. The first-order valence-corrected chi connectivity index (χ1v) is 13.0. The number of esters is 1. The van der Waals surface area contributed by atoms with Gasteiger partial charge in [-0.05, 0) is 30.5 Å². The number of hydrogen-bond donors (Lipinski definition) is 1. The maximum absolute atomic E-state index is 13.9. The predicted octanol–water partition coefficient (Wildman–Crippen LogP) is 4.60. The zero-order valence-corrected chi connectivity index (χ0v) is 20.3. The van der Waals surface area contributed by atoms with Crippen molar-refractivity contribution in [1.29, 1.82) is 0 Å². The molecule has 3 aliphatic heterocycles. The molecular weight excluding hydrogens is 445 g/mol. The average Bonchev–Trinajstić information content (AvgIpc) is 3.14. The molecule has 7 heteroatoms. The molecule has 2 bridgehead atoms. The van der Waals surface area contributed by atoms with E-state index in [-0.39, 0.29) is 18.0 Å². The standard InChI is InChI=1S/C28H34FN3O3/c29-23-10-11-25(30-18-23)31-26(33)20-32-16-12-21(13-17-32)24(19-32)35-27(34)28(14-6-1-2-7-15-28)22-8-4-3-5-9-22/h3-5,8-11,18,21,24H,1-2,6-7,12-17,19-20H2/p+1. The van der Waals surface area contributed by atoms with Crippen LogP contribution in [-0.4, -0.2) is 53.6 Å². The van der Waals surface area contributed by atoms with Gasteiger partial charge in [0, 0.05) is 18.8 Å². The number of amides is 1. The molecular formula is C28H35FN3O3+. The number of hydrogen-bond acceptors (Lipinski definition) is 4. The fraction of sp³-hybridized carbons (Fsp3) is 0.536. The first-order valence-electron chi connectivity index (χ1n) is 13.0. The summed E-state index contributed by atoms with van der Waals surface area (Å²) >= 11 is 0. The van der Waals surface area contributed by atoms with Gasteiger partial charge in [0.1, 0.15) is 18.2 Å². The number of anilines is 1. The fourth-order valence-electron chi connectivity index (χ4n) is 6.46. The lowest BCUT2D eigenvalue weighted by Crippen LogP contribution is -2.66. The van der Waals surface area contributed by atoms with Gasteiger partial charge in [0.25, 0.3) is 5.91 Å². The van der Waals surface area contributed by atoms with Crippen LogP contribution in [0.15, 0.2) is 48.7 Å². The molecule has 1 amide bonds. The lowest BCUT2D eigenvalue weighted by molar-refractivity contribution is -0.939. The van der Waals surface area contributed by atoms with Crippen LogP contribution < -0.4 is 5.32 Å². The van der Waals surface area contributed by atoms with Crippen LogP contribution >= 0.6 is 0 Å². The number of piperidine rings is 3. The van der Waals surface area contributed by atoms with E-state index in [4.69, 9.17) is 4.74 Å². The largest absolute Gasteiger partial charge is 0.455 e. The van der Waals surface area contributed by atoms with Crippen LogP contribution in [0.1, 0.15) is 56.9 Å². The number of nitrogens with zero attached hydrogens (tertiary/aromatic N) is 2. The molecule has 35 heavy (non-hydrogen) atoms. The highest BCUT2D eigenvalue weighted by atomic mass is 19.1. The molecule has 1 aromatic heterocycles. The number of carbonyl (C=O) groups excluding carboxylic acids is 2. The molecule has 4 heterocycles. The number of rotatable bonds is 6. The number of nitrogens with one attached hydrogen (secondary N) is 1. The summed E-state index contributed by atoms with van der Waals surface area (Å²) in [6.45, 7) is 2.80. The molecule has 3 saturated heterocycles. The summed E-state index contributed by atoms with van der Waals surface area (Å²) in [7, 11) is 0. The molecule has 1 saturated carbocycles. The minimum absolute atomic E-state index is 0.0811. The molecule has 1 aromatic carbocycles. The van der Waals surface area contributed by atoms with Gasteiger partial charge < -0.3 is 14.5 Å². The molecule has 0 radical (unpaired) electrons. The average molecular weight is 481 g/mol. The highest BCUT2D eigenvalue weighted by molar-refractivity contribution is 5.90. The summed E-state index contributed by atoms with van der Waals surface area (Å²) in [4.78, 5) is 30.6. The van der Waals surface area contributed by atoms with E-state index < -0.39 is 11.2 Å². The van der Waals surface area contributed by atoms with Crippen molar-refractivity contribution in [3.63, 3.8) is 0 Å². The highest BCUT2D eigenvalue weighted by Crippen LogP contribution is 2.42. The van der Waals surface area contributed by atoms with Gasteiger partial charge in [0.15, 0.2) is 12.6 Å². The maximum Gasteiger partial charge on any atom is 0.317 e. The Morgan fingerprint density at radius 1 is 1.03 bits per heavy atom. The summed E-state index contributed by atoms with van der Waals surface area (Å²) in [5, 5.41) is 2.79. The summed E-state index contributed by atoms with van der Waals surface area (Å²) in [5.41, 5.74) is 0.503. The molecule has 4 aliphatic rings. The summed E-state index contributed by atoms with van der Waals surface area (Å²) in [5.74, 6) is 0.0538. The Bertz CT molecular complexity index is 1030. The number of quaternary nitrogens is 1. The molecule has 1 atom stereocenters. The zero-order valence-electron chi connectivity index (χ0n) is 20.3. The van der Waals surface area contributed by atoms with Crippen LogP contribution in [0.2, 0.25) is 0 Å². The normalized spacial score (nSPS) is 27.6. The summed E-state index contributed by atoms with van der Waals surface area (Å²) in [6.07, 6.45) is 8.91. The third-order valence-electron chi connectivity index (χ3n) is 8.45. The highest BCUT2D eigenvalue weighted by Gasteiger charge is 2.51. The van der Waals surface area contributed by atoms with E-state index in [2.05, 4.69) is 22.4 Å². The molecule has 6 rings (SSSR count). The quantitative estimate of drug-likeness (QED) is 0.373. The van der Waals surface area contributed by atoms with Gasteiger partial charge in [-0.2, -0.15) is 0 Å². The molecule has 6 nitrogen and oxygen atoms in total. The van der Waals surface area contributed by atoms with E-state index in [1.54, 1.807) is 0 Å². The van der Waals surface area contributed by atoms with Crippen LogP contribution in [-0.2, 0) is 19.7 Å². The van der Waals surface area contributed by atoms with Crippen LogP contribution in [0.25, 0.3) is 0 Å². The van der Waals surface area contributed by atoms with Crippen molar-refractivity contribution in [1.82, 2.24) is 4.98 Å².